The number of fused-ring (bicyclic) bond motifs is 1. The highest BCUT2D eigenvalue weighted by Gasteiger charge is 2.48. The summed E-state index contributed by atoms with van der Waals surface area (Å²) in [4.78, 5) is 19.0. The second-order valence-electron chi connectivity index (χ2n) is 4.65. The molecule has 2 heterocycles. The molecule has 0 bridgehead atoms. The van der Waals surface area contributed by atoms with Crippen LogP contribution in [0.15, 0.2) is 18.2 Å². The number of carbonyl (C=O) groups is 1. The molecule has 0 radical (unpaired) electrons. The van der Waals surface area contributed by atoms with E-state index in [2.05, 4.69) is 9.97 Å². The molecule has 1 saturated heterocycles. The molecule has 3 rings (SSSR count). The Bertz CT molecular complexity index is 614. The molecular formula is C13H14N2O3. The fraction of sp³-hybridized carbons (Fsp3) is 0.385. The lowest BCUT2D eigenvalue weighted by molar-refractivity contribution is -0.163. The van der Waals surface area contributed by atoms with Gasteiger partial charge in [0.2, 0.25) is 0 Å². The summed E-state index contributed by atoms with van der Waals surface area (Å²) in [5, 5.41) is 9.35. The second kappa shape index (κ2) is 3.81. The molecule has 0 aliphatic carbocycles. The predicted octanol–water partition coefficient (Wildman–Crippen LogP) is 1.48. The van der Waals surface area contributed by atoms with Crippen molar-refractivity contribution >= 4 is 17.0 Å². The fourth-order valence-corrected chi connectivity index (χ4v) is 2.25. The predicted molar refractivity (Wildman–Crippen MR) is 65.6 cm³/mol. The Hall–Kier alpha value is -1.88. The minimum atomic E-state index is -0.883. The van der Waals surface area contributed by atoms with E-state index >= 15 is 0 Å². The van der Waals surface area contributed by atoms with Gasteiger partial charge in [0.15, 0.2) is 0 Å². The number of carboxylic acids is 1. The van der Waals surface area contributed by atoms with E-state index in [0.29, 0.717) is 0 Å². The van der Waals surface area contributed by atoms with Gasteiger partial charge in [-0.2, -0.15) is 0 Å². The van der Waals surface area contributed by atoms with Crippen molar-refractivity contribution in [3.63, 3.8) is 0 Å². The van der Waals surface area contributed by atoms with E-state index in [1.54, 1.807) is 0 Å². The van der Waals surface area contributed by atoms with Gasteiger partial charge in [0, 0.05) is 6.42 Å². The third-order valence-electron chi connectivity index (χ3n) is 3.52. The molecule has 2 N–H and O–H groups in total. The lowest BCUT2D eigenvalue weighted by atomic mass is 9.78. The van der Waals surface area contributed by atoms with Crippen LogP contribution in [-0.4, -0.2) is 34.3 Å². The molecule has 1 aromatic heterocycles. The van der Waals surface area contributed by atoms with Gasteiger partial charge in [0.25, 0.3) is 0 Å². The van der Waals surface area contributed by atoms with Crippen LogP contribution in [0.3, 0.4) is 0 Å². The largest absolute Gasteiger partial charge is 0.480 e. The Morgan fingerprint density at radius 3 is 2.89 bits per heavy atom. The first-order valence-electron chi connectivity index (χ1n) is 5.96. The molecule has 1 fully saturated rings. The molecule has 0 saturated carbocycles. The molecule has 0 atom stereocenters. The summed E-state index contributed by atoms with van der Waals surface area (Å²) in [5.74, 6) is 0.0831. The highest BCUT2D eigenvalue weighted by Crippen LogP contribution is 2.34. The van der Waals surface area contributed by atoms with Crippen LogP contribution in [0.25, 0.3) is 11.0 Å². The second-order valence-corrected chi connectivity index (χ2v) is 4.65. The summed E-state index contributed by atoms with van der Waals surface area (Å²) in [6, 6.07) is 5.57. The van der Waals surface area contributed by atoms with Gasteiger partial charge in [-0.3, -0.25) is 4.79 Å². The summed E-state index contributed by atoms with van der Waals surface area (Å²) in [6.45, 7) is 2.50. The summed E-state index contributed by atoms with van der Waals surface area (Å²) < 4.78 is 5.09. The van der Waals surface area contributed by atoms with E-state index in [0.717, 1.165) is 28.8 Å². The minimum Gasteiger partial charge on any atom is -0.480 e. The van der Waals surface area contributed by atoms with Crippen molar-refractivity contribution in [2.75, 3.05) is 13.2 Å². The quantitative estimate of drug-likeness (QED) is 0.860. The van der Waals surface area contributed by atoms with Crippen molar-refractivity contribution in [1.29, 1.82) is 0 Å². The Morgan fingerprint density at radius 2 is 2.33 bits per heavy atom. The average molecular weight is 246 g/mol. The molecule has 1 aliphatic heterocycles. The zero-order valence-electron chi connectivity index (χ0n) is 10.1. The number of hydrogen-bond acceptors (Lipinski definition) is 3. The summed E-state index contributed by atoms with van der Waals surface area (Å²) >= 11 is 0. The number of nitrogens with zero attached hydrogens (tertiary/aromatic N) is 1. The van der Waals surface area contributed by atoms with Gasteiger partial charge in [-0.1, -0.05) is 13.0 Å². The molecule has 94 valence electrons. The van der Waals surface area contributed by atoms with Crippen LogP contribution >= 0.6 is 0 Å². The first-order valence-corrected chi connectivity index (χ1v) is 5.96. The number of imidazole rings is 1. The number of H-pyrrole nitrogens is 1. The van der Waals surface area contributed by atoms with Gasteiger partial charge in [0.05, 0.1) is 24.2 Å². The number of aromatic amines is 1. The van der Waals surface area contributed by atoms with Crippen molar-refractivity contribution in [2.45, 2.75) is 18.8 Å². The molecule has 18 heavy (non-hydrogen) atoms. The number of ether oxygens (including phenoxy) is 1. The monoisotopic (exact) mass is 246 g/mol. The smallest absolute Gasteiger partial charge is 0.318 e. The van der Waals surface area contributed by atoms with Crippen molar-refractivity contribution in [1.82, 2.24) is 9.97 Å². The number of aryl methyl sites for hydroxylation is 1. The van der Waals surface area contributed by atoms with Crippen LogP contribution < -0.4 is 0 Å². The molecular weight excluding hydrogens is 232 g/mol. The van der Waals surface area contributed by atoms with E-state index < -0.39 is 11.4 Å². The van der Waals surface area contributed by atoms with Gasteiger partial charge >= 0.3 is 5.97 Å². The first-order chi connectivity index (χ1) is 8.65. The molecule has 0 spiro atoms. The molecule has 5 heteroatoms. The average Bonchev–Trinajstić information content (AvgIpc) is 2.69. The van der Waals surface area contributed by atoms with E-state index in [1.807, 2.05) is 25.1 Å². The van der Waals surface area contributed by atoms with Gasteiger partial charge in [-0.25, -0.2) is 4.98 Å². The Kier molecular flexibility index (Phi) is 2.38. The normalized spacial score (nSPS) is 17.6. The van der Waals surface area contributed by atoms with E-state index in [-0.39, 0.29) is 13.2 Å². The van der Waals surface area contributed by atoms with Crippen LogP contribution in [-0.2, 0) is 21.4 Å². The third-order valence-corrected chi connectivity index (χ3v) is 3.52. The molecule has 1 aliphatic rings. The third kappa shape index (κ3) is 1.44. The van der Waals surface area contributed by atoms with Crippen molar-refractivity contribution in [2.24, 2.45) is 0 Å². The standard InChI is InChI=1S/C13H14N2O3/c1-2-11-14-9-4-3-8(5-10(9)15-11)13(12(16)17)6-18-7-13/h3-5H,2,6-7H2,1H3,(H,14,15)(H,16,17). The number of hydrogen-bond donors (Lipinski definition) is 2. The summed E-state index contributed by atoms with van der Waals surface area (Å²) in [6.07, 6.45) is 0.831. The highest BCUT2D eigenvalue weighted by atomic mass is 16.5. The minimum absolute atomic E-state index is 0.239. The van der Waals surface area contributed by atoms with Crippen LogP contribution in [0, 0.1) is 0 Å². The topological polar surface area (TPSA) is 75.2 Å². The van der Waals surface area contributed by atoms with Gasteiger partial charge in [-0.05, 0) is 17.7 Å². The zero-order valence-corrected chi connectivity index (χ0v) is 10.1. The Balaban J connectivity index is 2.10. The Labute approximate surface area is 104 Å². The fourth-order valence-electron chi connectivity index (χ4n) is 2.25. The van der Waals surface area contributed by atoms with E-state index in [1.165, 1.54) is 0 Å². The van der Waals surface area contributed by atoms with Crippen LogP contribution in [0.4, 0.5) is 0 Å². The number of carboxylic acid groups (broad SMARTS) is 1. The van der Waals surface area contributed by atoms with Crippen LogP contribution in [0.2, 0.25) is 0 Å². The van der Waals surface area contributed by atoms with Gasteiger partial charge < -0.3 is 14.8 Å². The molecule has 1 aromatic carbocycles. The van der Waals surface area contributed by atoms with Gasteiger partial charge in [0.1, 0.15) is 11.2 Å². The number of aliphatic carboxylic acids is 1. The van der Waals surface area contributed by atoms with Crippen LogP contribution in [0.5, 0.6) is 0 Å². The molecule has 0 unspecified atom stereocenters. The first kappa shape index (κ1) is 11.2. The number of benzene rings is 1. The molecule has 5 nitrogen and oxygen atoms in total. The Morgan fingerprint density at radius 1 is 1.56 bits per heavy atom. The highest BCUT2D eigenvalue weighted by molar-refractivity contribution is 5.85. The number of rotatable bonds is 3. The van der Waals surface area contributed by atoms with E-state index in [4.69, 9.17) is 4.74 Å². The van der Waals surface area contributed by atoms with E-state index in [9.17, 15) is 9.90 Å². The lowest BCUT2D eigenvalue weighted by Crippen LogP contribution is -2.53. The lowest BCUT2D eigenvalue weighted by Gasteiger charge is -2.37. The number of aromatic nitrogens is 2. The van der Waals surface area contributed by atoms with Crippen molar-refractivity contribution in [3.8, 4) is 0 Å². The maximum Gasteiger partial charge on any atom is 0.318 e. The molecule has 2 aromatic rings. The van der Waals surface area contributed by atoms with Crippen molar-refractivity contribution in [3.05, 3.63) is 29.6 Å². The van der Waals surface area contributed by atoms with Gasteiger partial charge in [-0.15, -0.1) is 0 Å². The summed E-state index contributed by atoms with van der Waals surface area (Å²) in [5.41, 5.74) is 1.65. The van der Waals surface area contributed by atoms with Crippen LogP contribution in [0.1, 0.15) is 18.3 Å². The maximum atomic E-state index is 11.4. The summed E-state index contributed by atoms with van der Waals surface area (Å²) in [7, 11) is 0. The molecule has 0 amide bonds. The maximum absolute atomic E-state index is 11.4. The zero-order chi connectivity index (χ0) is 12.8. The number of nitrogens with one attached hydrogen (secondary N) is 1. The SMILES string of the molecule is CCc1nc2ccc(C3(C(=O)O)COC3)cc2[nH]1. The van der Waals surface area contributed by atoms with Crippen molar-refractivity contribution < 1.29 is 14.6 Å².